The predicted molar refractivity (Wildman–Crippen MR) is 77.0 cm³/mol. The summed E-state index contributed by atoms with van der Waals surface area (Å²) in [6, 6.07) is 14.4. The molecule has 2 aromatic rings. The summed E-state index contributed by atoms with van der Waals surface area (Å²) in [5.74, 6) is 0.714. The number of halogens is 1. The van der Waals surface area contributed by atoms with Gasteiger partial charge in [0.15, 0.2) is 0 Å². The Morgan fingerprint density at radius 2 is 2.06 bits per heavy atom. The molecule has 0 aliphatic heterocycles. The van der Waals surface area contributed by atoms with E-state index < -0.39 is 0 Å². The van der Waals surface area contributed by atoms with Crippen LogP contribution in [-0.2, 0) is 13.0 Å². The molecule has 0 aliphatic carbocycles. The Hall–Kier alpha value is -1.54. The third-order valence-electron chi connectivity index (χ3n) is 2.73. The highest BCUT2D eigenvalue weighted by molar-refractivity contribution is 6.17. The molecule has 0 amide bonds. The Kier molecular flexibility index (Phi) is 5.03. The second-order valence-electron chi connectivity index (χ2n) is 4.17. The number of rotatable bonds is 6. The van der Waals surface area contributed by atoms with Crippen molar-refractivity contribution in [3.05, 3.63) is 59.9 Å². The van der Waals surface area contributed by atoms with Crippen molar-refractivity contribution in [1.29, 1.82) is 0 Å². The zero-order valence-corrected chi connectivity index (χ0v) is 11.0. The van der Waals surface area contributed by atoms with Crippen LogP contribution in [0.15, 0.2) is 48.7 Å². The van der Waals surface area contributed by atoms with Crippen molar-refractivity contribution in [2.75, 3.05) is 11.2 Å². The van der Waals surface area contributed by atoms with Crippen LogP contribution in [0, 0.1) is 0 Å². The van der Waals surface area contributed by atoms with E-state index in [1.807, 2.05) is 24.4 Å². The summed E-state index contributed by atoms with van der Waals surface area (Å²) >= 11 is 5.71. The van der Waals surface area contributed by atoms with E-state index in [0.29, 0.717) is 5.88 Å². The third kappa shape index (κ3) is 4.04. The topological polar surface area (TPSA) is 24.9 Å². The van der Waals surface area contributed by atoms with Crippen LogP contribution in [0.25, 0.3) is 0 Å². The quantitative estimate of drug-likeness (QED) is 0.798. The van der Waals surface area contributed by atoms with Gasteiger partial charge in [0.05, 0.1) is 12.2 Å². The first-order chi connectivity index (χ1) is 8.88. The molecule has 0 saturated carbocycles. The Morgan fingerprint density at radius 3 is 2.83 bits per heavy atom. The zero-order chi connectivity index (χ0) is 12.6. The van der Waals surface area contributed by atoms with Gasteiger partial charge >= 0.3 is 0 Å². The summed E-state index contributed by atoms with van der Waals surface area (Å²) < 4.78 is 0. The lowest BCUT2D eigenvalue weighted by molar-refractivity contribution is 0.928. The van der Waals surface area contributed by atoms with Crippen LogP contribution in [0.1, 0.15) is 17.7 Å². The lowest BCUT2D eigenvalue weighted by Gasteiger charge is -2.07. The second kappa shape index (κ2) is 7.02. The van der Waals surface area contributed by atoms with E-state index >= 15 is 0 Å². The van der Waals surface area contributed by atoms with Gasteiger partial charge in [-0.1, -0.05) is 18.2 Å². The first kappa shape index (κ1) is 12.9. The molecule has 2 nitrogen and oxygen atoms in total. The molecule has 0 atom stereocenters. The van der Waals surface area contributed by atoms with Gasteiger partial charge < -0.3 is 5.32 Å². The van der Waals surface area contributed by atoms with Crippen molar-refractivity contribution in [3.8, 4) is 0 Å². The minimum absolute atomic E-state index is 0.714. The van der Waals surface area contributed by atoms with Crippen LogP contribution in [0.4, 0.5) is 5.69 Å². The van der Waals surface area contributed by atoms with Gasteiger partial charge in [0.25, 0.3) is 0 Å². The summed E-state index contributed by atoms with van der Waals surface area (Å²) in [4.78, 5) is 4.29. The number of hydrogen-bond acceptors (Lipinski definition) is 2. The molecule has 0 bridgehead atoms. The van der Waals surface area contributed by atoms with Crippen LogP contribution in [0.2, 0.25) is 0 Å². The summed E-state index contributed by atoms with van der Waals surface area (Å²) in [5, 5.41) is 3.38. The molecule has 1 N–H and O–H groups in total. The number of hydrogen-bond donors (Lipinski definition) is 1. The highest BCUT2D eigenvalue weighted by Gasteiger charge is 1.97. The Bertz CT molecular complexity index is 471. The van der Waals surface area contributed by atoms with Crippen LogP contribution < -0.4 is 5.32 Å². The first-order valence-electron chi connectivity index (χ1n) is 6.17. The maximum Gasteiger partial charge on any atom is 0.0594 e. The number of aromatic nitrogens is 1. The van der Waals surface area contributed by atoms with E-state index in [1.165, 1.54) is 5.56 Å². The van der Waals surface area contributed by atoms with Gasteiger partial charge in [0, 0.05) is 17.8 Å². The molecule has 3 heteroatoms. The molecule has 0 spiro atoms. The molecular weight excluding hydrogens is 244 g/mol. The number of pyridine rings is 1. The Labute approximate surface area is 113 Å². The van der Waals surface area contributed by atoms with Crippen molar-refractivity contribution in [2.24, 2.45) is 0 Å². The van der Waals surface area contributed by atoms with E-state index in [1.54, 1.807) is 0 Å². The fraction of sp³-hybridized carbons (Fsp3) is 0.267. The monoisotopic (exact) mass is 260 g/mol. The van der Waals surface area contributed by atoms with E-state index in [9.17, 15) is 0 Å². The third-order valence-corrected chi connectivity index (χ3v) is 2.99. The Morgan fingerprint density at radius 1 is 1.11 bits per heavy atom. The number of aryl methyl sites for hydroxylation is 1. The highest BCUT2D eigenvalue weighted by atomic mass is 35.5. The van der Waals surface area contributed by atoms with Gasteiger partial charge in [0.2, 0.25) is 0 Å². The molecule has 94 valence electrons. The fourth-order valence-electron chi connectivity index (χ4n) is 1.80. The van der Waals surface area contributed by atoms with Crippen molar-refractivity contribution >= 4 is 17.3 Å². The average Bonchev–Trinajstić information content (AvgIpc) is 2.44. The number of anilines is 1. The molecular formula is C15H17ClN2. The summed E-state index contributed by atoms with van der Waals surface area (Å²) in [7, 11) is 0. The molecule has 1 aromatic carbocycles. The van der Waals surface area contributed by atoms with Gasteiger partial charge in [-0.05, 0) is 42.7 Å². The lowest BCUT2D eigenvalue weighted by Crippen LogP contribution is -2.01. The van der Waals surface area contributed by atoms with Gasteiger partial charge in [-0.15, -0.1) is 11.6 Å². The Balaban J connectivity index is 1.93. The molecule has 1 aromatic heterocycles. The zero-order valence-electron chi connectivity index (χ0n) is 10.3. The van der Waals surface area contributed by atoms with Gasteiger partial charge in [-0.2, -0.15) is 0 Å². The maximum absolute atomic E-state index is 5.71. The average molecular weight is 261 g/mol. The van der Waals surface area contributed by atoms with E-state index in [2.05, 4.69) is 34.6 Å². The minimum atomic E-state index is 0.714. The number of nitrogens with one attached hydrogen (secondary N) is 1. The predicted octanol–water partition coefficient (Wildman–Crippen LogP) is 3.87. The largest absolute Gasteiger partial charge is 0.379 e. The molecule has 0 unspecified atom stereocenters. The molecule has 0 saturated heterocycles. The molecule has 1 heterocycles. The summed E-state index contributed by atoms with van der Waals surface area (Å²) in [6.45, 7) is 0.750. The summed E-state index contributed by atoms with van der Waals surface area (Å²) in [5.41, 5.74) is 3.50. The summed E-state index contributed by atoms with van der Waals surface area (Å²) in [6.07, 6.45) is 3.86. The molecule has 0 fully saturated rings. The SMILES string of the molecule is ClCCCc1cccc(NCc2ccccn2)c1. The van der Waals surface area contributed by atoms with E-state index in [0.717, 1.165) is 30.8 Å². The minimum Gasteiger partial charge on any atom is -0.379 e. The standard InChI is InChI=1S/C15H17ClN2/c16-9-4-6-13-5-3-8-14(11-13)18-12-15-7-1-2-10-17-15/h1-3,5,7-8,10-11,18H,4,6,9,12H2. The van der Waals surface area contributed by atoms with Crippen LogP contribution in [0.3, 0.4) is 0 Å². The van der Waals surface area contributed by atoms with E-state index in [-0.39, 0.29) is 0 Å². The molecule has 0 aliphatic rings. The van der Waals surface area contributed by atoms with E-state index in [4.69, 9.17) is 11.6 Å². The van der Waals surface area contributed by atoms with Gasteiger partial charge in [-0.25, -0.2) is 0 Å². The molecule has 18 heavy (non-hydrogen) atoms. The number of benzene rings is 1. The number of alkyl halides is 1. The van der Waals surface area contributed by atoms with Crippen LogP contribution in [0.5, 0.6) is 0 Å². The van der Waals surface area contributed by atoms with Gasteiger partial charge in [-0.3, -0.25) is 4.98 Å². The van der Waals surface area contributed by atoms with Crippen molar-refractivity contribution in [3.63, 3.8) is 0 Å². The maximum atomic E-state index is 5.71. The van der Waals surface area contributed by atoms with Crippen molar-refractivity contribution in [1.82, 2.24) is 4.98 Å². The normalized spacial score (nSPS) is 10.3. The number of nitrogens with zero attached hydrogens (tertiary/aromatic N) is 1. The first-order valence-corrected chi connectivity index (χ1v) is 6.70. The fourth-order valence-corrected chi connectivity index (χ4v) is 1.94. The molecule has 2 rings (SSSR count). The second-order valence-corrected chi connectivity index (χ2v) is 4.55. The van der Waals surface area contributed by atoms with Crippen molar-refractivity contribution in [2.45, 2.75) is 19.4 Å². The smallest absolute Gasteiger partial charge is 0.0594 e. The highest BCUT2D eigenvalue weighted by Crippen LogP contribution is 2.13. The van der Waals surface area contributed by atoms with Gasteiger partial charge in [0.1, 0.15) is 0 Å². The van der Waals surface area contributed by atoms with Crippen LogP contribution >= 0.6 is 11.6 Å². The van der Waals surface area contributed by atoms with Crippen LogP contribution in [-0.4, -0.2) is 10.9 Å². The lowest BCUT2D eigenvalue weighted by atomic mass is 10.1. The van der Waals surface area contributed by atoms with Crippen molar-refractivity contribution < 1.29 is 0 Å². The molecule has 0 radical (unpaired) electrons.